The van der Waals surface area contributed by atoms with Crippen molar-refractivity contribution in [3.8, 4) is 0 Å². The number of hydrogen-bond acceptors (Lipinski definition) is 6. The van der Waals surface area contributed by atoms with Gasteiger partial charge >= 0.3 is 11.9 Å². The van der Waals surface area contributed by atoms with Gasteiger partial charge in [0.25, 0.3) is 0 Å². The van der Waals surface area contributed by atoms with E-state index in [0.717, 1.165) is 19.3 Å². The van der Waals surface area contributed by atoms with E-state index in [-0.39, 0.29) is 24.5 Å². The predicted octanol–water partition coefficient (Wildman–Crippen LogP) is 2.67. The molecule has 1 aliphatic carbocycles. The van der Waals surface area contributed by atoms with Crippen molar-refractivity contribution >= 4 is 23.7 Å². The molecule has 0 radical (unpaired) electrons. The monoisotopic (exact) mass is 399 g/mol. The van der Waals surface area contributed by atoms with E-state index in [2.05, 4.69) is 16.7 Å². The number of carboxylic acids is 1. The fourth-order valence-electron chi connectivity index (χ4n) is 5.29. The van der Waals surface area contributed by atoms with Gasteiger partial charge < -0.3 is 14.9 Å². The highest BCUT2D eigenvalue weighted by molar-refractivity contribution is 8.00. The Morgan fingerprint density at radius 3 is 2.63 bits per heavy atom. The molecule has 6 atom stereocenters. The third kappa shape index (κ3) is 4.98. The highest BCUT2D eigenvalue weighted by Gasteiger charge is 2.46. The van der Waals surface area contributed by atoms with Gasteiger partial charge in [0.1, 0.15) is 0 Å². The Morgan fingerprint density at radius 2 is 2.00 bits per heavy atom. The summed E-state index contributed by atoms with van der Waals surface area (Å²) in [7, 11) is 0. The van der Waals surface area contributed by atoms with Crippen LogP contribution < -0.4 is 0 Å². The average Bonchev–Trinajstić information content (AvgIpc) is 3.29. The molecule has 154 valence electrons. The van der Waals surface area contributed by atoms with Crippen LogP contribution in [0.15, 0.2) is 0 Å². The van der Waals surface area contributed by atoms with Crippen LogP contribution in [0.25, 0.3) is 0 Å². The molecule has 2 heterocycles. The molecular weight excluding hydrogens is 366 g/mol. The van der Waals surface area contributed by atoms with Gasteiger partial charge in [-0.3, -0.25) is 14.5 Å². The van der Waals surface area contributed by atoms with Crippen LogP contribution in [0.2, 0.25) is 0 Å². The second kappa shape index (κ2) is 9.61. The first-order valence-corrected chi connectivity index (χ1v) is 11.5. The Hall–Kier alpha value is -0.790. The summed E-state index contributed by atoms with van der Waals surface area (Å²) >= 11 is 2.05. The number of hydrogen-bond donors (Lipinski definition) is 2. The van der Waals surface area contributed by atoms with E-state index in [1.54, 1.807) is 6.92 Å². The van der Waals surface area contributed by atoms with Crippen molar-refractivity contribution in [2.24, 2.45) is 5.92 Å². The van der Waals surface area contributed by atoms with Gasteiger partial charge in [0.05, 0.1) is 18.6 Å². The van der Waals surface area contributed by atoms with Crippen molar-refractivity contribution in [2.45, 2.75) is 94.2 Å². The Kier molecular flexibility index (Phi) is 7.45. The zero-order valence-electron chi connectivity index (χ0n) is 16.2. The summed E-state index contributed by atoms with van der Waals surface area (Å²) in [6.07, 6.45) is 6.98. The van der Waals surface area contributed by atoms with E-state index >= 15 is 0 Å². The molecule has 0 spiro atoms. The minimum atomic E-state index is -0.736. The van der Waals surface area contributed by atoms with Gasteiger partial charge in [0.15, 0.2) is 0 Å². The number of nitrogens with zero attached hydrogens (tertiary/aromatic N) is 1. The van der Waals surface area contributed by atoms with Gasteiger partial charge in [-0.15, -0.1) is 0 Å². The van der Waals surface area contributed by atoms with Crippen LogP contribution in [0.3, 0.4) is 0 Å². The third-order valence-electron chi connectivity index (χ3n) is 6.49. The summed E-state index contributed by atoms with van der Waals surface area (Å²) in [6.45, 7) is 2.13. The van der Waals surface area contributed by atoms with E-state index in [9.17, 15) is 14.7 Å². The number of thioether (sulfide) groups is 1. The van der Waals surface area contributed by atoms with Crippen molar-refractivity contribution in [3.05, 3.63) is 0 Å². The van der Waals surface area contributed by atoms with E-state index in [4.69, 9.17) is 9.84 Å². The number of aliphatic carboxylic acids is 1. The van der Waals surface area contributed by atoms with Gasteiger partial charge in [0.2, 0.25) is 0 Å². The number of aliphatic hydroxyl groups excluding tert-OH is 1. The lowest BCUT2D eigenvalue weighted by molar-refractivity contribution is -0.155. The molecular formula is C20H33NO5S. The molecule has 2 N–H and O–H groups in total. The molecule has 0 aromatic carbocycles. The van der Waals surface area contributed by atoms with Crippen molar-refractivity contribution in [1.82, 2.24) is 4.90 Å². The zero-order valence-corrected chi connectivity index (χ0v) is 17.0. The lowest BCUT2D eigenvalue weighted by Gasteiger charge is -2.43. The number of aliphatic hydroxyl groups is 1. The highest BCUT2D eigenvalue weighted by Crippen LogP contribution is 2.43. The Bertz CT molecular complexity index is 525. The minimum absolute atomic E-state index is 0.201. The topological polar surface area (TPSA) is 87.1 Å². The van der Waals surface area contributed by atoms with E-state index in [0.29, 0.717) is 37.2 Å². The van der Waals surface area contributed by atoms with E-state index in [1.165, 1.54) is 18.6 Å². The maximum absolute atomic E-state index is 12.1. The third-order valence-corrected chi connectivity index (χ3v) is 7.99. The van der Waals surface area contributed by atoms with Crippen LogP contribution in [0.1, 0.15) is 64.7 Å². The first kappa shape index (κ1) is 20.9. The van der Waals surface area contributed by atoms with Crippen molar-refractivity contribution < 1.29 is 24.5 Å². The number of likely N-dealkylation sites (tertiary alicyclic amines) is 1. The first-order valence-electron chi connectivity index (χ1n) is 10.5. The lowest BCUT2D eigenvalue weighted by Crippen LogP contribution is -2.52. The Labute approximate surface area is 166 Å². The van der Waals surface area contributed by atoms with E-state index < -0.39 is 18.0 Å². The molecule has 2 aliphatic heterocycles. The number of carboxylic acid groups (broad SMARTS) is 1. The maximum atomic E-state index is 12.1. The fraction of sp³-hybridized carbons (Fsp3) is 0.900. The zero-order chi connectivity index (χ0) is 19.4. The van der Waals surface area contributed by atoms with Gasteiger partial charge in [-0.1, -0.05) is 0 Å². The van der Waals surface area contributed by atoms with Crippen molar-refractivity contribution in [3.63, 3.8) is 0 Å². The molecule has 3 aliphatic rings. The first-order chi connectivity index (χ1) is 13.0. The number of carbonyl (C=O) groups excluding carboxylic acids is 1. The van der Waals surface area contributed by atoms with Crippen LogP contribution in [0.4, 0.5) is 0 Å². The molecule has 7 heteroatoms. The average molecular weight is 400 g/mol. The van der Waals surface area contributed by atoms with Crippen LogP contribution in [0, 0.1) is 5.92 Å². The summed E-state index contributed by atoms with van der Waals surface area (Å²) in [6, 6.07) is 0.995. The van der Waals surface area contributed by atoms with Crippen molar-refractivity contribution in [1.29, 1.82) is 0 Å². The second-order valence-electron chi connectivity index (χ2n) is 8.12. The Morgan fingerprint density at radius 1 is 1.19 bits per heavy atom. The summed E-state index contributed by atoms with van der Waals surface area (Å²) in [4.78, 5) is 25.7. The molecule has 3 rings (SSSR count). The quantitative estimate of drug-likeness (QED) is 0.637. The van der Waals surface area contributed by atoms with Crippen LogP contribution in [0.5, 0.6) is 0 Å². The molecule has 27 heavy (non-hydrogen) atoms. The molecule has 0 amide bonds. The number of rotatable bonds is 7. The molecule has 6 nitrogen and oxygen atoms in total. The number of carbonyl (C=O) groups is 2. The minimum Gasteiger partial charge on any atom is -0.481 e. The normalized spacial score (nSPS) is 37.4. The Balaban J connectivity index is 1.68. The molecule has 0 bridgehead atoms. The molecule has 1 saturated carbocycles. The van der Waals surface area contributed by atoms with Gasteiger partial charge in [-0.2, -0.15) is 11.8 Å². The van der Waals surface area contributed by atoms with Crippen LogP contribution in [-0.2, 0) is 14.3 Å². The lowest BCUT2D eigenvalue weighted by atomic mass is 9.82. The molecule has 2 saturated heterocycles. The van der Waals surface area contributed by atoms with Gasteiger partial charge in [-0.05, 0) is 64.0 Å². The molecule has 3 fully saturated rings. The SMILES string of the molecule is CCOC(=O)C1CCC(N2C(CCC(=O)O)CCC2C2CCCS2)CC1O. The molecule has 0 aromatic rings. The fourth-order valence-corrected chi connectivity index (χ4v) is 6.76. The standard InChI is InChI=1S/C20H33NO5S/c1-2-26-20(25)15-8-5-14(12-17(15)22)21-13(7-10-19(23)24)6-9-16(21)18-4-3-11-27-18/h13-18,22H,2-12H2,1H3,(H,23,24). The number of ether oxygens (including phenoxy) is 1. The van der Waals surface area contributed by atoms with Crippen LogP contribution >= 0.6 is 11.8 Å². The number of esters is 1. The molecule has 0 aromatic heterocycles. The van der Waals surface area contributed by atoms with Gasteiger partial charge in [0, 0.05) is 29.8 Å². The summed E-state index contributed by atoms with van der Waals surface area (Å²) < 4.78 is 5.12. The largest absolute Gasteiger partial charge is 0.481 e. The summed E-state index contributed by atoms with van der Waals surface area (Å²) in [5.74, 6) is -0.219. The van der Waals surface area contributed by atoms with Crippen LogP contribution in [-0.4, -0.2) is 68.9 Å². The van der Waals surface area contributed by atoms with Gasteiger partial charge in [-0.25, -0.2) is 0 Å². The summed E-state index contributed by atoms with van der Waals surface area (Å²) in [5.41, 5.74) is 0. The smallest absolute Gasteiger partial charge is 0.311 e. The molecule has 6 unspecified atom stereocenters. The van der Waals surface area contributed by atoms with Crippen molar-refractivity contribution in [2.75, 3.05) is 12.4 Å². The summed E-state index contributed by atoms with van der Waals surface area (Å²) in [5, 5.41) is 20.4. The predicted molar refractivity (Wildman–Crippen MR) is 105 cm³/mol. The second-order valence-corrected chi connectivity index (χ2v) is 9.47. The maximum Gasteiger partial charge on any atom is 0.311 e. The highest BCUT2D eigenvalue weighted by atomic mass is 32.2. The van der Waals surface area contributed by atoms with E-state index in [1.807, 2.05) is 0 Å².